The molecule has 3 heterocycles. The van der Waals surface area contributed by atoms with Crippen molar-refractivity contribution in [2.24, 2.45) is 21.6 Å². The molecule has 61 heavy (non-hydrogen) atoms. The molecule has 7 N–H and O–H groups in total. The van der Waals surface area contributed by atoms with E-state index in [1.807, 2.05) is 50.8 Å². The zero-order chi connectivity index (χ0) is 42.9. The van der Waals surface area contributed by atoms with Gasteiger partial charge in [-0.3, -0.25) is 14.6 Å². The van der Waals surface area contributed by atoms with Gasteiger partial charge in [-0.05, 0) is 126 Å². The third-order valence-electron chi connectivity index (χ3n) is 14.2. The first kappa shape index (κ1) is 45.7. The molecule has 2 aromatic rings. The summed E-state index contributed by atoms with van der Waals surface area (Å²) in [5.74, 6) is 2.12. The van der Waals surface area contributed by atoms with E-state index >= 15 is 0 Å². The number of nitrogens with zero attached hydrogens (tertiary/aromatic N) is 3. The van der Waals surface area contributed by atoms with E-state index in [2.05, 4.69) is 10.3 Å². The Morgan fingerprint density at radius 2 is 1.72 bits per heavy atom. The maximum Gasteiger partial charge on any atom is 0.302 e. The van der Waals surface area contributed by atoms with Crippen molar-refractivity contribution < 1.29 is 29.3 Å². The highest BCUT2D eigenvalue weighted by atomic mass is 33.1. The van der Waals surface area contributed by atoms with Crippen LogP contribution >= 0.6 is 21.6 Å². The first-order valence-electron chi connectivity index (χ1n) is 23.2. The van der Waals surface area contributed by atoms with Crippen LogP contribution in [0.25, 0.3) is 0 Å². The maximum atomic E-state index is 14.2. The van der Waals surface area contributed by atoms with Gasteiger partial charge in [0.15, 0.2) is 17.5 Å². The number of aromatic hydroxyl groups is 1. The lowest BCUT2D eigenvalue weighted by Gasteiger charge is -2.44. The molecule has 3 aliphatic carbocycles. The molecule has 3 saturated carbocycles. The van der Waals surface area contributed by atoms with Crippen LogP contribution in [-0.2, 0) is 33.7 Å². The monoisotopic (exact) mass is 878 g/mol. The summed E-state index contributed by atoms with van der Waals surface area (Å²) in [5.41, 5.74) is 15.3. The van der Waals surface area contributed by atoms with Crippen LogP contribution in [0.3, 0.4) is 0 Å². The number of nitrogens with two attached hydrogens (primary N) is 2. The average Bonchev–Trinajstić information content (AvgIpc) is 4.03. The predicted octanol–water partition coefficient (Wildman–Crippen LogP) is 8.35. The summed E-state index contributed by atoms with van der Waals surface area (Å²) in [5, 5.41) is 26.7. The number of phenols is 1. The summed E-state index contributed by atoms with van der Waals surface area (Å²) in [4.78, 5) is 37.3. The fourth-order valence-corrected chi connectivity index (χ4v) is 14.7. The number of aryl methyl sites for hydroxylation is 1. The van der Waals surface area contributed by atoms with Gasteiger partial charge in [0.25, 0.3) is 0 Å². The lowest BCUT2D eigenvalue weighted by atomic mass is 9.78. The number of phenolic OH excluding ortho intramolecular Hbond substituents is 1. The van der Waals surface area contributed by atoms with E-state index < -0.39 is 17.6 Å². The molecule has 5 aliphatic rings. The number of anilines is 1. The SMILES string of the molecule is CC(=O)OC1CCc2cc(c(O)c(OC3CCCC3)c2)CN2CC(Cc3ccnc(N)c3)(CCN=C(N)NC3(CCCC34CCCC4)SSCCCCCCC(O)C1)CC2=O. The smallest absolute Gasteiger partial charge is 0.302 e. The summed E-state index contributed by atoms with van der Waals surface area (Å²) in [6, 6.07) is 7.72. The van der Waals surface area contributed by atoms with Crippen LogP contribution in [0.1, 0.15) is 152 Å². The summed E-state index contributed by atoms with van der Waals surface area (Å²) in [6.07, 6.45) is 21.0. The standard InChI is InChI=1S/C47H70N6O6S2/c1-33(54)58-39-15-14-34-25-36(43(57)40(26-34)59-38-12-5-6-13-38)31-53-32-45(30-42(53)56,29-35-16-22-50-41(48)27-35)21-23-51-44(49)52-47(20-10-19-46(47)17-7-8-18-46)61-60-24-9-3-2-4-11-37(55)28-39/h16,22,25-27,37-39,55,57H,2-15,17-21,23-24,28-32H2,1H3,(H2,48,50)(H3,49,51,52). The molecule has 4 atom stereocenters. The summed E-state index contributed by atoms with van der Waals surface area (Å²) < 4.78 is 12.2. The zero-order valence-corrected chi connectivity index (χ0v) is 38.0. The second-order valence-corrected chi connectivity index (χ2v) is 21.6. The molecule has 0 radical (unpaired) electrons. The maximum absolute atomic E-state index is 14.2. The number of carbonyl (C=O) groups excluding carboxylic acids is 2. The number of aliphatic hydroxyl groups excluding tert-OH is 1. The molecule has 1 saturated heterocycles. The molecule has 7 rings (SSSR count). The molecule has 1 aromatic heterocycles. The number of nitrogen functional groups attached to an aromatic ring is 1. The van der Waals surface area contributed by atoms with Gasteiger partial charge in [0.05, 0.1) is 12.2 Å². The number of nitrogens with one attached hydrogen (secondary N) is 1. The van der Waals surface area contributed by atoms with Crippen molar-refractivity contribution in [2.75, 3.05) is 24.6 Å². The minimum Gasteiger partial charge on any atom is -0.504 e. The Labute approximate surface area is 370 Å². The number of ether oxygens (including phenoxy) is 2. The van der Waals surface area contributed by atoms with Gasteiger partial charge >= 0.3 is 5.97 Å². The molecule has 2 aliphatic heterocycles. The molecule has 4 bridgehead atoms. The van der Waals surface area contributed by atoms with Crippen molar-refractivity contribution >= 4 is 45.2 Å². The number of benzene rings is 1. The van der Waals surface area contributed by atoms with Crippen LogP contribution in [0.5, 0.6) is 11.5 Å². The van der Waals surface area contributed by atoms with Gasteiger partial charge in [-0.2, -0.15) is 0 Å². The van der Waals surface area contributed by atoms with E-state index in [-0.39, 0.29) is 40.6 Å². The number of hydrogen-bond acceptors (Lipinski definition) is 13. The van der Waals surface area contributed by atoms with Crippen LogP contribution < -0.4 is 21.5 Å². The number of pyridine rings is 1. The Balaban J connectivity index is 1.18. The molecule has 12 nitrogen and oxygen atoms in total. The van der Waals surface area contributed by atoms with Crippen LogP contribution in [0.4, 0.5) is 5.82 Å². The molecule has 4 fully saturated rings. The second kappa shape index (κ2) is 20.9. The zero-order valence-electron chi connectivity index (χ0n) is 36.3. The normalized spacial score (nSPS) is 28.8. The number of fused-ring (bicyclic) bond motifs is 5. The van der Waals surface area contributed by atoms with Gasteiger partial charge in [-0.1, -0.05) is 59.8 Å². The largest absolute Gasteiger partial charge is 0.504 e. The molecule has 1 amide bonds. The average molecular weight is 879 g/mol. The van der Waals surface area contributed by atoms with Crippen molar-refractivity contribution in [3.8, 4) is 11.5 Å². The van der Waals surface area contributed by atoms with Crippen LogP contribution in [0.2, 0.25) is 0 Å². The number of esters is 1. The van der Waals surface area contributed by atoms with Crippen LogP contribution in [0, 0.1) is 10.8 Å². The lowest BCUT2D eigenvalue weighted by Crippen LogP contribution is -2.55. The Morgan fingerprint density at radius 1 is 0.951 bits per heavy atom. The molecular formula is C47H70N6O6S2. The number of carbonyl (C=O) groups is 2. The van der Waals surface area contributed by atoms with Gasteiger partial charge in [0, 0.05) is 67.7 Å². The lowest BCUT2D eigenvalue weighted by molar-refractivity contribution is -0.148. The summed E-state index contributed by atoms with van der Waals surface area (Å²) in [7, 11) is 3.94. The Kier molecular flexibility index (Phi) is 15.6. The number of aliphatic hydroxyl groups is 1. The van der Waals surface area contributed by atoms with E-state index in [1.165, 1.54) is 45.4 Å². The van der Waals surface area contributed by atoms with Crippen molar-refractivity contribution in [3.63, 3.8) is 0 Å². The van der Waals surface area contributed by atoms with Crippen molar-refractivity contribution in [1.29, 1.82) is 0 Å². The summed E-state index contributed by atoms with van der Waals surface area (Å²) in [6.45, 7) is 2.59. The quantitative estimate of drug-likeness (QED) is 0.143. The van der Waals surface area contributed by atoms with Crippen molar-refractivity contribution in [2.45, 2.75) is 178 Å². The molecule has 2 spiro atoms. The number of rotatable bonds is 5. The van der Waals surface area contributed by atoms with Crippen molar-refractivity contribution in [3.05, 3.63) is 47.2 Å². The Morgan fingerprint density at radius 3 is 2.51 bits per heavy atom. The molecule has 336 valence electrons. The predicted molar refractivity (Wildman–Crippen MR) is 245 cm³/mol. The van der Waals surface area contributed by atoms with E-state index in [4.69, 9.17) is 25.9 Å². The highest BCUT2D eigenvalue weighted by molar-refractivity contribution is 8.77. The minimum absolute atomic E-state index is 0.0166. The Hall–Kier alpha value is -3.36. The molecule has 1 aromatic carbocycles. The first-order chi connectivity index (χ1) is 29.4. The first-order valence-corrected chi connectivity index (χ1v) is 25.5. The fourth-order valence-electron chi connectivity index (χ4n) is 11.1. The number of hydrogen-bond donors (Lipinski definition) is 5. The van der Waals surface area contributed by atoms with Crippen LogP contribution in [0.15, 0.2) is 35.5 Å². The fraction of sp³-hybridized carbons (Fsp3) is 0.702. The highest BCUT2D eigenvalue weighted by Crippen LogP contribution is 2.63. The van der Waals surface area contributed by atoms with Crippen molar-refractivity contribution in [1.82, 2.24) is 15.2 Å². The topological polar surface area (TPSA) is 186 Å². The Bertz CT molecular complexity index is 1830. The van der Waals surface area contributed by atoms with Gasteiger partial charge in [0.1, 0.15) is 16.8 Å². The number of aliphatic imine (C=N–C) groups is 1. The van der Waals surface area contributed by atoms with Gasteiger partial charge < -0.3 is 41.4 Å². The third-order valence-corrected chi connectivity index (χ3v) is 17.5. The summed E-state index contributed by atoms with van der Waals surface area (Å²) >= 11 is 0. The highest BCUT2D eigenvalue weighted by Gasteiger charge is 2.57. The van der Waals surface area contributed by atoms with E-state index in [0.717, 1.165) is 74.7 Å². The molecule has 4 unspecified atom stereocenters. The second-order valence-electron chi connectivity index (χ2n) is 18.9. The third kappa shape index (κ3) is 11.8. The van der Waals surface area contributed by atoms with Gasteiger partial charge in [-0.25, -0.2) is 4.98 Å². The van der Waals surface area contributed by atoms with Crippen LogP contribution in [-0.4, -0.2) is 80.0 Å². The van der Waals surface area contributed by atoms with Gasteiger partial charge in [0.2, 0.25) is 5.91 Å². The number of guanidine groups is 1. The van der Waals surface area contributed by atoms with E-state index in [1.54, 1.807) is 6.20 Å². The number of amides is 1. The van der Waals surface area contributed by atoms with E-state index in [0.29, 0.717) is 81.1 Å². The molecule has 14 heteroatoms. The minimum atomic E-state index is -0.572. The van der Waals surface area contributed by atoms with Gasteiger partial charge in [-0.15, -0.1) is 0 Å². The van der Waals surface area contributed by atoms with E-state index in [9.17, 15) is 19.8 Å². The molecular weight excluding hydrogens is 809 g/mol. The number of aromatic nitrogens is 1.